The van der Waals surface area contributed by atoms with E-state index >= 15 is 0 Å². The van der Waals surface area contributed by atoms with Crippen LogP contribution >= 0.6 is 0 Å². The quantitative estimate of drug-likeness (QED) is 0.648. The molecule has 2 N–H and O–H groups in total. The van der Waals surface area contributed by atoms with E-state index in [0.717, 1.165) is 22.4 Å². The predicted octanol–water partition coefficient (Wildman–Crippen LogP) is 3.70. The Morgan fingerprint density at radius 1 is 1.06 bits per heavy atom. The summed E-state index contributed by atoms with van der Waals surface area (Å²) in [6, 6.07) is 21.5. The van der Waals surface area contributed by atoms with Gasteiger partial charge in [0.25, 0.3) is 5.91 Å². The Bertz CT molecular complexity index is 1180. The van der Waals surface area contributed by atoms with Gasteiger partial charge in [-0.1, -0.05) is 54.3 Å². The molecule has 162 valence electrons. The van der Waals surface area contributed by atoms with Gasteiger partial charge in [-0.3, -0.25) is 14.7 Å². The zero-order chi connectivity index (χ0) is 22.8. The van der Waals surface area contributed by atoms with Crippen molar-refractivity contribution in [1.29, 1.82) is 0 Å². The number of ether oxygens (including phenoxy) is 1. The molecule has 1 unspecified atom stereocenters. The first-order valence-electron chi connectivity index (χ1n) is 10.7. The molecule has 1 saturated heterocycles. The standard InChI is InChI=1S/C27H27N3O2/c1-20-12-13-22(19-29-20)15-14-21-8-7-11-24(18-21)27(25(28)31)30(16-17-32-27)26(2,3)23-9-5-4-6-10-23/h4-13,18-19H,16-17H2,1-3H3,(H2,28,31). The largest absolute Gasteiger partial charge is 0.366 e. The van der Waals surface area contributed by atoms with E-state index in [1.54, 1.807) is 6.20 Å². The number of carbonyl (C=O) groups excluding carboxylic acids is 1. The van der Waals surface area contributed by atoms with Crippen LogP contribution < -0.4 is 5.73 Å². The van der Waals surface area contributed by atoms with Crippen LogP contribution in [0.5, 0.6) is 0 Å². The average Bonchev–Trinajstić information content (AvgIpc) is 3.27. The van der Waals surface area contributed by atoms with Crippen LogP contribution in [-0.2, 0) is 20.8 Å². The maximum Gasteiger partial charge on any atom is 0.270 e. The van der Waals surface area contributed by atoms with Crippen molar-refractivity contribution in [2.75, 3.05) is 13.2 Å². The minimum absolute atomic E-state index is 0.407. The molecule has 32 heavy (non-hydrogen) atoms. The maximum absolute atomic E-state index is 12.9. The van der Waals surface area contributed by atoms with Crippen LogP contribution in [0.1, 0.15) is 41.8 Å². The molecule has 1 atom stereocenters. The van der Waals surface area contributed by atoms with Crippen LogP contribution in [0.25, 0.3) is 0 Å². The topological polar surface area (TPSA) is 68.5 Å². The Morgan fingerprint density at radius 3 is 2.50 bits per heavy atom. The van der Waals surface area contributed by atoms with Gasteiger partial charge >= 0.3 is 0 Å². The molecule has 1 aromatic heterocycles. The van der Waals surface area contributed by atoms with Gasteiger partial charge in [0, 0.05) is 40.7 Å². The summed E-state index contributed by atoms with van der Waals surface area (Å²) in [5.74, 6) is 5.77. The van der Waals surface area contributed by atoms with E-state index in [2.05, 4.69) is 42.8 Å². The van der Waals surface area contributed by atoms with Crippen LogP contribution in [0.3, 0.4) is 0 Å². The van der Waals surface area contributed by atoms with Gasteiger partial charge in [0.2, 0.25) is 5.72 Å². The van der Waals surface area contributed by atoms with Crippen LogP contribution in [0.15, 0.2) is 72.9 Å². The Hall–Kier alpha value is -3.46. The summed E-state index contributed by atoms with van der Waals surface area (Å²) in [5.41, 5.74) is 8.46. The molecule has 3 aromatic rings. The molecule has 0 radical (unpaired) electrons. The molecule has 0 bridgehead atoms. The lowest BCUT2D eigenvalue weighted by atomic mass is 9.87. The number of carbonyl (C=O) groups is 1. The molecule has 0 aliphatic carbocycles. The average molecular weight is 426 g/mol. The monoisotopic (exact) mass is 425 g/mol. The number of pyridine rings is 1. The summed E-state index contributed by atoms with van der Waals surface area (Å²) in [5, 5.41) is 0. The summed E-state index contributed by atoms with van der Waals surface area (Å²) in [6.45, 7) is 7.10. The van der Waals surface area contributed by atoms with Crippen molar-refractivity contribution in [2.45, 2.75) is 32.0 Å². The first kappa shape index (κ1) is 21.8. The molecule has 2 heterocycles. The lowest BCUT2D eigenvalue weighted by Gasteiger charge is -2.45. The number of hydrogen-bond acceptors (Lipinski definition) is 4. The molecule has 5 nitrogen and oxygen atoms in total. The number of benzene rings is 2. The second-order valence-electron chi connectivity index (χ2n) is 8.45. The Labute approximate surface area is 189 Å². The third-order valence-corrected chi connectivity index (χ3v) is 6.01. The first-order chi connectivity index (χ1) is 15.3. The lowest BCUT2D eigenvalue weighted by Crippen LogP contribution is -2.58. The van der Waals surface area contributed by atoms with Gasteiger partial charge in [-0.05, 0) is 50.6 Å². The van der Waals surface area contributed by atoms with Crippen LogP contribution in [0.2, 0.25) is 0 Å². The van der Waals surface area contributed by atoms with Crippen molar-refractivity contribution >= 4 is 5.91 Å². The number of primary amides is 1. The maximum atomic E-state index is 12.9. The van der Waals surface area contributed by atoms with E-state index in [0.29, 0.717) is 18.7 Å². The first-order valence-corrected chi connectivity index (χ1v) is 10.7. The van der Waals surface area contributed by atoms with E-state index in [-0.39, 0.29) is 0 Å². The summed E-state index contributed by atoms with van der Waals surface area (Å²) in [6.07, 6.45) is 1.75. The normalized spacial score (nSPS) is 18.7. The summed E-state index contributed by atoms with van der Waals surface area (Å²) < 4.78 is 6.13. The van der Waals surface area contributed by atoms with Gasteiger partial charge < -0.3 is 10.5 Å². The second kappa shape index (κ2) is 8.58. The molecular formula is C27H27N3O2. The van der Waals surface area contributed by atoms with Gasteiger partial charge in [0.05, 0.1) is 6.61 Å². The van der Waals surface area contributed by atoms with Gasteiger partial charge in [-0.25, -0.2) is 0 Å². The fraction of sp³-hybridized carbons (Fsp3) is 0.259. The van der Waals surface area contributed by atoms with Crippen molar-refractivity contribution < 1.29 is 9.53 Å². The van der Waals surface area contributed by atoms with Crippen molar-refractivity contribution in [2.24, 2.45) is 5.73 Å². The van der Waals surface area contributed by atoms with Crippen LogP contribution in [0.4, 0.5) is 0 Å². The minimum Gasteiger partial charge on any atom is -0.366 e. The Kier molecular flexibility index (Phi) is 5.84. The molecule has 0 saturated carbocycles. The third kappa shape index (κ3) is 3.91. The number of aryl methyl sites for hydroxylation is 1. The van der Waals surface area contributed by atoms with E-state index in [9.17, 15) is 4.79 Å². The molecule has 1 aliphatic rings. The van der Waals surface area contributed by atoms with Crippen LogP contribution in [-0.4, -0.2) is 28.9 Å². The highest BCUT2D eigenvalue weighted by Crippen LogP contribution is 2.43. The molecule has 5 heteroatoms. The zero-order valence-electron chi connectivity index (χ0n) is 18.6. The predicted molar refractivity (Wildman–Crippen MR) is 124 cm³/mol. The smallest absolute Gasteiger partial charge is 0.270 e. The Balaban J connectivity index is 1.75. The molecule has 1 aliphatic heterocycles. The number of aromatic nitrogens is 1. The molecule has 0 spiro atoms. The van der Waals surface area contributed by atoms with Gasteiger partial charge in [-0.15, -0.1) is 0 Å². The van der Waals surface area contributed by atoms with Gasteiger partial charge in [-0.2, -0.15) is 0 Å². The van der Waals surface area contributed by atoms with Crippen molar-refractivity contribution in [3.8, 4) is 11.8 Å². The van der Waals surface area contributed by atoms with E-state index in [1.165, 1.54) is 0 Å². The fourth-order valence-electron chi connectivity index (χ4n) is 4.27. The molecule has 4 rings (SSSR count). The fourth-order valence-corrected chi connectivity index (χ4v) is 4.27. The van der Waals surface area contributed by atoms with E-state index in [4.69, 9.17) is 10.5 Å². The van der Waals surface area contributed by atoms with E-state index in [1.807, 2.05) is 66.4 Å². The van der Waals surface area contributed by atoms with Crippen molar-refractivity contribution in [3.05, 3.63) is 101 Å². The van der Waals surface area contributed by atoms with Crippen molar-refractivity contribution in [3.63, 3.8) is 0 Å². The third-order valence-electron chi connectivity index (χ3n) is 6.01. The number of rotatable bonds is 4. The minimum atomic E-state index is -1.37. The molecule has 2 aromatic carbocycles. The number of nitrogens with two attached hydrogens (primary N) is 1. The zero-order valence-corrected chi connectivity index (χ0v) is 18.6. The Morgan fingerprint density at radius 2 is 1.81 bits per heavy atom. The van der Waals surface area contributed by atoms with E-state index < -0.39 is 17.2 Å². The van der Waals surface area contributed by atoms with Gasteiger partial charge in [0.1, 0.15) is 0 Å². The number of nitrogens with zero attached hydrogens (tertiary/aromatic N) is 2. The lowest BCUT2D eigenvalue weighted by molar-refractivity contribution is -0.166. The van der Waals surface area contributed by atoms with Gasteiger partial charge in [0.15, 0.2) is 0 Å². The highest BCUT2D eigenvalue weighted by Gasteiger charge is 2.54. The summed E-state index contributed by atoms with van der Waals surface area (Å²) >= 11 is 0. The highest BCUT2D eigenvalue weighted by molar-refractivity contribution is 5.85. The highest BCUT2D eigenvalue weighted by atomic mass is 16.5. The number of amides is 1. The summed E-state index contributed by atoms with van der Waals surface area (Å²) in [4.78, 5) is 19.3. The number of hydrogen-bond donors (Lipinski definition) is 1. The summed E-state index contributed by atoms with van der Waals surface area (Å²) in [7, 11) is 0. The SMILES string of the molecule is Cc1ccc(C#Cc2cccc(C3(C(N)=O)OCCN3C(C)(C)c3ccccc3)c2)cn1. The molecular weight excluding hydrogens is 398 g/mol. The second-order valence-corrected chi connectivity index (χ2v) is 8.45. The molecule has 1 amide bonds. The van der Waals surface area contributed by atoms with Crippen LogP contribution in [0, 0.1) is 18.8 Å². The molecule has 1 fully saturated rings. The van der Waals surface area contributed by atoms with Crippen molar-refractivity contribution in [1.82, 2.24) is 9.88 Å².